The molecule has 0 unspecified atom stereocenters. The summed E-state index contributed by atoms with van der Waals surface area (Å²) in [6.07, 6.45) is 1.49. The molecule has 0 bridgehead atoms. The van der Waals surface area contributed by atoms with Crippen LogP contribution in [0.1, 0.15) is 12.5 Å². The van der Waals surface area contributed by atoms with Crippen LogP contribution in [0.5, 0.6) is 11.5 Å². The number of hydrogen-bond donors (Lipinski definition) is 1. The number of anilines is 1. The van der Waals surface area contributed by atoms with E-state index in [1.807, 2.05) is 6.92 Å². The molecule has 0 aromatic heterocycles. The van der Waals surface area contributed by atoms with Crippen LogP contribution in [-0.2, 0) is 9.59 Å². The van der Waals surface area contributed by atoms with Crippen LogP contribution in [0.15, 0.2) is 48.0 Å². The molecule has 1 N–H and O–H groups in total. The zero-order chi connectivity index (χ0) is 20.3. The summed E-state index contributed by atoms with van der Waals surface area (Å²) in [5.41, 5.74) is 1.08. The van der Waals surface area contributed by atoms with E-state index < -0.39 is 11.8 Å². The van der Waals surface area contributed by atoms with Crippen molar-refractivity contribution in [3.63, 3.8) is 0 Å². The zero-order valence-corrected chi connectivity index (χ0v) is 16.8. The Morgan fingerprint density at radius 1 is 1.14 bits per heavy atom. The van der Waals surface area contributed by atoms with Gasteiger partial charge in [-0.3, -0.25) is 19.8 Å². The van der Waals surface area contributed by atoms with Crippen molar-refractivity contribution in [2.75, 3.05) is 18.6 Å². The maximum atomic E-state index is 13.0. The van der Waals surface area contributed by atoms with Crippen molar-refractivity contribution in [3.8, 4) is 11.5 Å². The van der Waals surface area contributed by atoms with Gasteiger partial charge in [0.25, 0.3) is 11.8 Å². The van der Waals surface area contributed by atoms with Crippen LogP contribution in [0.25, 0.3) is 6.08 Å². The van der Waals surface area contributed by atoms with E-state index in [0.29, 0.717) is 34.4 Å². The van der Waals surface area contributed by atoms with Crippen LogP contribution >= 0.6 is 23.8 Å². The molecule has 2 aromatic rings. The Bertz CT molecular complexity index is 973. The number of ether oxygens (including phenoxy) is 2. The van der Waals surface area contributed by atoms with Crippen molar-refractivity contribution in [2.24, 2.45) is 0 Å². The van der Waals surface area contributed by atoms with E-state index >= 15 is 0 Å². The summed E-state index contributed by atoms with van der Waals surface area (Å²) in [5, 5.41) is 3.09. The molecular weight excluding hydrogens is 400 g/mol. The average Bonchev–Trinajstić information content (AvgIpc) is 2.67. The highest BCUT2D eigenvalue weighted by molar-refractivity contribution is 7.80. The quantitative estimate of drug-likeness (QED) is 0.458. The van der Waals surface area contributed by atoms with Gasteiger partial charge in [-0.25, -0.2) is 0 Å². The van der Waals surface area contributed by atoms with Gasteiger partial charge in [-0.2, -0.15) is 0 Å². The van der Waals surface area contributed by atoms with Crippen molar-refractivity contribution < 1.29 is 19.1 Å². The first-order valence-electron chi connectivity index (χ1n) is 8.42. The summed E-state index contributed by atoms with van der Waals surface area (Å²) in [5.74, 6) is -0.000623. The van der Waals surface area contributed by atoms with Crippen LogP contribution in [0.4, 0.5) is 5.69 Å². The van der Waals surface area contributed by atoms with Crippen molar-refractivity contribution in [1.82, 2.24) is 5.32 Å². The minimum Gasteiger partial charge on any atom is -0.493 e. The SMILES string of the molecule is CCOc1cc(C=C2C(=O)NC(=S)N(c3ccc(Cl)cc3)C2=O)ccc1OC. The van der Waals surface area contributed by atoms with Gasteiger partial charge in [-0.1, -0.05) is 17.7 Å². The Morgan fingerprint density at radius 2 is 1.86 bits per heavy atom. The molecule has 0 saturated carbocycles. The van der Waals surface area contributed by atoms with Crippen LogP contribution in [0, 0.1) is 0 Å². The summed E-state index contributed by atoms with van der Waals surface area (Å²) in [4.78, 5) is 26.6. The molecule has 28 heavy (non-hydrogen) atoms. The molecule has 1 fully saturated rings. The Kier molecular flexibility index (Phi) is 5.96. The summed E-state index contributed by atoms with van der Waals surface area (Å²) >= 11 is 11.1. The Morgan fingerprint density at radius 3 is 2.50 bits per heavy atom. The molecule has 0 atom stereocenters. The minimum absolute atomic E-state index is 0.0132. The summed E-state index contributed by atoms with van der Waals surface area (Å²) in [6, 6.07) is 11.7. The highest BCUT2D eigenvalue weighted by Gasteiger charge is 2.34. The third kappa shape index (κ3) is 4.00. The van der Waals surface area contributed by atoms with Gasteiger partial charge in [0.05, 0.1) is 19.4 Å². The van der Waals surface area contributed by atoms with Crippen LogP contribution in [0.3, 0.4) is 0 Å². The van der Waals surface area contributed by atoms with E-state index in [9.17, 15) is 9.59 Å². The lowest BCUT2D eigenvalue weighted by Gasteiger charge is -2.29. The van der Waals surface area contributed by atoms with E-state index in [1.54, 1.807) is 49.6 Å². The fourth-order valence-corrected chi connectivity index (χ4v) is 3.11. The molecule has 6 nitrogen and oxygen atoms in total. The molecule has 0 aliphatic carbocycles. The minimum atomic E-state index is -0.561. The fourth-order valence-electron chi connectivity index (χ4n) is 2.70. The van der Waals surface area contributed by atoms with Gasteiger partial charge in [0, 0.05) is 5.02 Å². The average molecular weight is 417 g/mol. The Labute approximate surface area is 172 Å². The number of amides is 2. The van der Waals surface area contributed by atoms with Gasteiger partial charge in [0.15, 0.2) is 16.6 Å². The predicted octanol–water partition coefficient (Wildman–Crippen LogP) is 3.58. The van der Waals surface area contributed by atoms with Gasteiger partial charge in [0.2, 0.25) is 0 Å². The smallest absolute Gasteiger partial charge is 0.270 e. The van der Waals surface area contributed by atoms with E-state index in [1.165, 1.54) is 11.0 Å². The van der Waals surface area contributed by atoms with Crippen molar-refractivity contribution in [3.05, 3.63) is 58.6 Å². The number of methoxy groups -OCH3 is 1. The standard InChI is InChI=1S/C20H17ClN2O4S/c1-3-27-17-11-12(4-9-16(17)26-2)10-15-18(24)22-20(28)23(19(15)25)14-7-5-13(21)6-8-14/h4-11H,3H2,1-2H3,(H,22,24,28). The van der Waals surface area contributed by atoms with E-state index in [4.69, 9.17) is 33.3 Å². The number of carbonyl (C=O) groups excluding carboxylic acids is 2. The number of halogens is 1. The zero-order valence-electron chi connectivity index (χ0n) is 15.2. The van der Waals surface area contributed by atoms with Crippen LogP contribution in [-0.4, -0.2) is 30.6 Å². The number of hydrogen-bond acceptors (Lipinski definition) is 5. The molecule has 2 aromatic carbocycles. The molecule has 1 aliphatic heterocycles. The lowest BCUT2D eigenvalue weighted by Crippen LogP contribution is -2.54. The molecule has 1 heterocycles. The molecule has 3 rings (SSSR count). The number of nitrogens with zero attached hydrogens (tertiary/aromatic N) is 1. The molecule has 2 amide bonds. The molecule has 144 valence electrons. The van der Waals surface area contributed by atoms with Gasteiger partial charge in [0.1, 0.15) is 5.57 Å². The van der Waals surface area contributed by atoms with Crippen LogP contribution in [0.2, 0.25) is 5.02 Å². The lowest BCUT2D eigenvalue weighted by atomic mass is 10.1. The van der Waals surface area contributed by atoms with Crippen molar-refractivity contribution >= 4 is 52.5 Å². The number of benzene rings is 2. The van der Waals surface area contributed by atoms with Crippen molar-refractivity contribution in [1.29, 1.82) is 0 Å². The highest BCUT2D eigenvalue weighted by atomic mass is 35.5. The van der Waals surface area contributed by atoms with Gasteiger partial charge in [-0.05, 0) is 67.2 Å². The second-order valence-corrected chi connectivity index (χ2v) is 6.60. The molecule has 1 saturated heterocycles. The number of rotatable bonds is 5. The second-order valence-electron chi connectivity index (χ2n) is 5.78. The normalized spacial score (nSPS) is 15.6. The third-order valence-electron chi connectivity index (χ3n) is 3.99. The first kappa shape index (κ1) is 19.9. The van der Waals surface area contributed by atoms with E-state index in [-0.39, 0.29) is 10.7 Å². The number of carbonyl (C=O) groups is 2. The Hall–Kier alpha value is -2.90. The number of thiocarbonyl (C=S) groups is 1. The molecule has 0 spiro atoms. The largest absolute Gasteiger partial charge is 0.493 e. The molecule has 0 radical (unpaired) electrons. The number of nitrogens with one attached hydrogen (secondary N) is 1. The topological polar surface area (TPSA) is 67.9 Å². The first-order chi connectivity index (χ1) is 13.4. The Balaban J connectivity index is 1.99. The fraction of sp³-hybridized carbons (Fsp3) is 0.150. The highest BCUT2D eigenvalue weighted by Crippen LogP contribution is 2.30. The van der Waals surface area contributed by atoms with Crippen molar-refractivity contribution in [2.45, 2.75) is 6.92 Å². The summed E-state index contributed by atoms with van der Waals surface area (Å²) in [7, 11) is 1.54. The van der Waals surface area contributed by atoms with E-state index in [0.717, 1.165) is 0 Å². The molecule has 1 aliphatic rings. The summed E-state index contributed by atoms with van der Waals surface area (Å²) < 4.78 is 10.8. The maximum Gasteiger partial charge on any atom is 0.270 e. The monoisotopic (exact) mass is 416 g/mol. The lowest BCUT2D eigenvalue weighted by molar-refractivity contribution is -0.122. The predicted molar refractivity (Wildman–Crippen MR) is 112 cm³/mol. The third-order valence-corrected chi connectivity index (χ3v) is 4.52. The van der Waals surface area contributed by atoms with Gasteiger partial charge >= 0.3 is 0 Å². The molecular formula is C20H17ClN2O4S. The first-order valence-corrected chi connectivity index (χ1v) is 9.21. The van der Waals surface area contributed by atoms with Crippen LogP contribution < -0.4 is 19.7 Å². The second kappa shape index (κ2) is 8.41. The van der Waals surface area contributed by atoms with Gasteiger partial charge < -0.3 is 9.47 Å². The maximum absolute atomic E-state index is 13.0. The van der Waals surface area contributed by atoms with E-state index in [2.05, 4.69) is 5.32 Å². The summed E-state index contributed by atoms with van der Waals surface area (Å²) in [6.45, 7) is 2.31. The van der Waals surface area contributed by atoms with Gasteiger partial charge in [-0.15, -0.1) is 0 Å². The molecule has 8 heteroatoms.